The van der Waals surface area contributed by atoms with Gasteiger partial charge >= 0.3 is 0 Å². The molecule has 126 valence electrons. The third kappa shape index (κ3) is 17.2. The molecule has 3 N–H and O–H groups in total. The first-order valence-corrected chi connectivity index (χ1v) is 9.27. The monoisotopic (exact) mass is 298 g/mol. The maximum Gasteiger partial charge on any atom is 0.139 e. The molecule has 0 aromatic heterocycles. The second kappa shape index (κ2) is 17.3. The highest BCUT2D eigenvalue weighted by molar-refractivity contribution is 5.79. The first-order valence-electron chi connectivity index (χ1n) is 9.27. The van der Waals surface area contributed by atoms with E-state index in [1.807, 2.05) is 0 Å². The normalized spacial score (nSPS) is 12.0. The molecule has 0 radical (unpaired) electrons. The van der Waals surface area contributed by atoms with Crippen molar-refractivity contribution in [1.82, 2.24) is 0 Å². The van der Waals surface area contributed by atoms with Gasteiger partial charge in [-0.05, 0) is 6.42 Å². The lowest BCUT2D eigenvalue weighted by atomic mass is 10.0. The third-order valence-electron chi connectivity index (χ3n) is 4.16. The fourth-order valence-corrected chi connectivity index (χ4v) is 2.73. The molecule has 0 spiro atoms. The molecule has 0 saturated heterocycles. The number of hydrogen-bond acceptors (Lipinski definition) is 2. The van der Waals surface area contributed by atoms with Gasteiger partial charge in [0.25, 0.3) is 0 Å². The van der Waals surface area contributed by atoms with Gasteiger partial charge in [0.1, 0.15) is 5.84 Å². The molecule has 0 saturated carbocycles. The molecule has 0 aromatic rings. The average Bonchev–Trinajstić information content (AvgIpc) is 2.50. The van der Waals surface area contributed by atoms with Crippen molar-refractivity contribution in [3.8, 4) is 0 Å². The molecule has 0 aliphatic carbocycles. The standard InChI is InChI=1S/C18H38N2O/c1-2-3-4-5-6-7-8-9-10-11-12-13-14-15-16-17-18(19)20-21/h21H,2-17H2,1H3,(H2,19,20). The largest absolute Gasteiger partial charge is 0.409 e. The zero-order valence-corrected chi connectivity index (χ0v) is 14.3. The van der Waals surface area contributed by atoms with Crippen LogP contribution in [0.3, 0.4) is 0 Å². The first kappa shape index (κ1) is 20.3. The quantitative estimate of drug-likeness (QED) is 0.121. The Bertz CT molecular complexity index is 229. The topological polar surface area (TPSA) is 58.6 Å². The first-order chi connectivity index (χ1) is 10.3. The molecule has 0 aromatic carbocycles. The van der Waals surface area contributed by atoms with Crippen LogP contribution in [0, 0.1) is 0 Å². The molecule has 3 nitrogen and oxygen atoms in total. The Kier molecular flexibility index (Phi) is 16.7. The minimum Gasteiger partial charge on any atom is -0.409 e. The van der Waals surface area contributed by atoms with E-state index in [4.69, 9.17) is 10.9 Å². The van der Waals surface area contributed by atoms with Crippen LogP contribution in [0.2, 0.25) is 0 Å². The van der Waals surface area contributed by atoms with E-state index in [1.165, 1.54) is 89.9 Å². The lowest BCUT2D eigenvalue weighted by Gasteiger charge is -2.03. The van der Waals surface area contributed by atoms with E-state index >= 15 is 0 Å². The van der Waals surface area contributed by atoms with Crippen molar-refractivity contribution in [2.45, 2.75) is 110 Å². The summed E-state index contributed by atoms with van der Waals surface area (Å²) in [6, 6.07) is 0. The summed E-state index contributed by atoms with van der Waals surface area (Å²) >= 11 is 0. The van der Waals surface area contributed by atoms with Crippen LogP contribution < -0.4 is 5.73 Å². The van der Waals surface area contributed by atoms with E-state index in [9.17, 15) is 0 Å². The molecular formula is C18H38N2O. The molecule has 0 unspecified atom stereocenters. The highest BCUT2D eigenvalue weighted by Gasteiger charge is 1.95. The van der Waals surface area contributed by atoms with Gasteiger partial charge in [0.05, 0.1) is 0 Å². The van der Waals surface area contributed by atoms with Crippen molar-refractivity contribution in [2.24, 2.45) is 10.9 Å². The summed E-state index contributed by atoms with van der Waals surface area (Å²) in [5.41, 5.74) is 5.43. The lowest BCUT2D eigenvalue weighted by molar-refractivity contribution is 0.316. The highest BCUT2D eigenvalue weighted by atomic mass is 16.4. The SMILES string of the molecule is CCCCCCCCCCCCCCCCC/C(N)=N\O. The summed E-state index contributed by atoms with van der Waals surface area (Å²) in [6.07, 6.45) is 21.2. The Morgan fingerprint density at radius 2 is 1.00 bits per heavy atom. The molecule has 3 heteroatoms. The Morgan fingerprint density at radius 1 is 0.667 bits per heavy atom. The average molecular weight is 299 g/mol. The van der Waals surface area contributed by atoms with Crippen LogP contribution in [-0.4, -0.2) is 11.0 Å². The molecule has 0 rings (SSSR count). The maximum absolute atomic E-state index is 8.41. The molecular weight excluding hydrogens is 260 g/mol. The zero-order chi connectivity index (χ0) is 15.6. The second-order valence-electron chi connectivity index (χ2n) is 6.29. The van der Waals surface area contributed by atoms with Crippen molar-refractivity contribution < 1.29 is 5.21 Å². The van der Waals surface area contributed by atoms with Gasteiger partial charge in [-0.1, -0.05) is 102 Å². The summed E-state index contributed by atoms with van der Waals surface area (Å²) < 4.78 is 0. The number of amidine groups is 1. The van der Waals surface area contributed by atoms with Gasteiger partial charge in [-0.2, -0.15) is 0 Å². The fourth-order valence-electron chi connectivity index (χ4n) is 2.73. The number of nitrogens with two attached hydrogens (primary N) is 1. The van der Waals surface area contributed by atoms with Crippen molar-refractivity contribution in [3.05, 3.63) is 0 Å². The van der Waals surface area contributed by atoms with E-state index < -0.39 is 0 Å². The van der Waals surface area contributed by atoms with Crippen LogP contribution in [0.4, 0.5) is 0 Å². The summed E-state index contributed by atoms with van der Waals surface area (Å²) in [4.78, 5) is 0. The minimum absolute atomic E-state index is 0.365. The molecule has 0 aliphatic rings. The number of nitrogens with zero attached hydrogens (tertiary/aromatic N) is 1. The van der Waals surface area contributed by atoms with Crippen LogP contribution in [0.15, 0.2) is 5.16 Å². The Balaban J connectivity index is 2.99. The fraction of sp³-hybridized carbons (Fsp3) is 0.944. The van der Waals surface area contributed by atoms with Gasteiger partial charge < -0.3 is 10.9 Å². The van der Waals surface area contributed by atoms with Crippen molar-refractivity contribution >= 4 is 5.84 Å². The molecule has 0 bridgehead atoms. The maximum atomic E-state index is 8.41. The van der Waals surface area contributed by atoms with Crippen molar-refractivity contribution in [1.29, 1.82) is 0 Å². The van der Waals surface area contributed by atoms with E-state index in [0.29, 0.717) is 5.84 Å². The molecule has 0 atom stereocenters. The Labute approximate surface area is 132 Å². The van der Waals surface area contributed by atoms with Gasteiger partial charge in [0.2, 0.25) is 0 Å². The zero-order valence-electron chi connectivity index (χ0n) is 14.3. The second-order valence-corrected chi connectivity index (χ2v) is 6.29. The van der Waals surface area contributed by atoms with Gasteiger partial charge in [-0.15, -0.1) is 0 Å². The Hall–Kier alpha value is -0.730. The number of hydrogen-bond donors (Lipinski definition) is 2. The van der Waals surface area contributed by atoms with Gasteiger partial charge in [0.15, 0.2) is 0 Å². The minimum atomic E-state index is 0.365. The lowest BCUT2D eigenvalue weighted by Crippen LogP contribution is -2.10. The van der Waals surface area contributed by atoms with Crippen LogP contribution >= 0.6 is 0 Å². The van der Waals surface area contributed by atoms with Crippen LogP contribution in [0.5, 0.6) is 0 Å². The van der Waals surface area contributed by atoms with E-state index in [0.717, 1.165) is 12.8 Å². The van der Waals surface area contributed by atoms with E-state index in [1.54, 1.807) is 0 Å². The predicted molar refractivity (Wildman–Crippen MR) is 93.0 cm³/mol. The van der Waals surface area contributed by atoms with Gasteiger partial charge in [0, 0.05) is 6.42 Å². The van der Waals surface area contributed by atoms with Gasteiger partial charge in [-0.25, -0.2) is 0 Å². The van der Waals surface area contributed by atoms with E-state index in [2.05, 4.69) is 12.1 Å². The molecule has 21 heavy (non-hydrogen) atoms. The molecule has 0 heterocycles. The summed E-state index contributed by atoms with van der Waals surface area (Å²) in [5, 5.41) is 11.4. The smallest absolute Gasteiger partial charge is 0.139 e. The number of unbranched alkanes of at least 4 members (excludes halogenated alkanes) is 14. The number of rotatable bonds is 16. The van der Waals surface area contributed by atoms with Crippen LogP contribution in [0.1, 0.15) is 110 Å². The predicted octanol–water partition coefficient (Wildman–Crippen LogP) is 5.99. The molecule has 0 fully saturated rings. The van der Waals surface area contributed by atoms with Crippen molar-refractivity contribution in [3.63, 3.8) is 0 Å². The number of oxime groups is 1. The third-order valence-corrected chi connectivity index (χ3v) is 4.16. The summed E-state index contributed by atoms with van der Waals surface area (Å²) in [5.74, 6) is 0.365. The van der Waals surface area contributed by atoms with E-state index in [-0.39, 0.29) is 0 Å². The summed E-state index contributed by atoms with van der Waals surface area (Å²) in [6.45, 7) is 2.28. The van der Waals surface area contributed by atoms with Crippen LogP contribution in [0.25, 0.3) is 0 Å². The molecule has 0 aliphatic heterocycles. The highest BCUT2D eigenvalue weighted by Crippen LogP contribution is 2.13. The Morgan fingerprint density at radius 3 is 1.33 bits per heavy atom. The van der Waals surface area contributed by atoms with Crippen molar-refractivity contribution in [2.75, 3.05) is 0 Å². The summed E-state index contributed by atoms with van der Waals surface area (Å²) in [7, 11) is 0. The van der Waals surface area contributed by atoms with Crippen LogP contribution in [-0.2, 0) is 0 Å². The van der Waals surface area contributed by atoms with Gasteiger partial charge in [-0.3, -0.25) is 0 Å². The molecule has 0 amide bonds.